The van der Waals surface area contributed by atoms with Gasteiger partial charge in [-0.3, -0.25) is 4.79 Å². The van der Waals surface area contributed by atoms with Crippen LogP contribution in [0, 0.1) is 0 Å². The van der Waals surface area contributed by atoms with E-state index in [1.807, 2.05) is 43.3 Å². The summed E-state index contributed by atoms with van der Waals surface area (Å²) < 4.78 is 0.970. The van der Waals surface area contributed by atoms with Crippen LogP contribution >= 0.6 is 15.9 Å². The lowest BCUT2D eigenvalue weighted by Crippen LogP contribution is -2.24. The summed E-state index contributed by atoms with van der Waals surface area (Å²) in [6.45, 7) is 1.45. The fraction of sp³-hybridized carbons (Fsp3) is 0.273. The van der Waals surface area contributed by atoms with Crippen LogP contribution in [-0.2, 0) is 4.79 Å². The van der Waals surface area contributed by atoms with Crippen LogP contribution in [0.3, 0.4) is 0 Å². The molecule has 0 saturated carbocycles. The van der Waals surface area contributed by atoms with E-state index in [2.05, 4.69) is 20.9 Å². The first kappa shape index (κ1) is 11.9. The normalized spacial score (nSPS) is 11.3. The van der Waals surface area contributed by atoms with E-state index in [-0.39, 0.29) is 5.91 Å². The molecule has 3 nitrogen and oxygen atoms in total. The number of benzene rings is 1. The zero-order chi connectivity index (χ0) is 11.4. The molecule has 0 atom stereocenters. The molecule has 1 amide bonds. The molecule has 0 aliphatic heterocycles. The Morgan fingerprint density at radius 2 is 2.07 bits per heavy atom. The van der Waals surface area contributed by atoms with E-state index < -0.39 is 0 Å². The van der Waals surface area contributed by atoms with Gasteiger partial charge in [0.1, 0.15) is 5.84 Å². The minimum Gasteiger partial charge on any atom is -0.362 e. The van der Waals surface area contributed by atoms with Gasteiger partial charge in [0.15, 0.2) is 0 Å². The molecule has 0 unspecified atom stereocenters. The van der Waals surface area contributed by atoms with Gasteiger partial charge in [-0.25, -0.2) is 0 Å². The number of hydrogen-bond acceptors (Lipinski definition) is 1. The fourth-order valence-electron chi connectivity index (χ4n) is 1.20. The van der Waals surface area contributed by atoms with Crippen molar-refractivity contribution in [3.05, 3.63) is 34.3 Å². The quantitative estimate of drug-likeness (QED) is 0.579. The molecule has 0 spiro atoms. The first-order valence-electron chi connectivity index (χ1n) is 4.53. The summed E-state index contributed by atoms with van der Waals surface area (Å²) in [4.78, 5) is 16.8. The van der Waals surface area contributed by atoms with Gasteiger partial charge in [0, 0.05) is 31.1 Å². The molecule has 0 bridgehead atoms. The molecule has 4 heteroatoms. The van der Waals surface area contributed by atoms with E-state index in [0.717, 1.165) is 10.0 Å². The average Bonchev–Trinajstić information content (AvgIpc) is 2.13. The van der Waals surface area contributed by atoms with E-state index in [1.165, 1.54) is 6.92 Å². The number of amidine groups is 1. The molecule has 1 aromatic carbocycles. The van der Waals surface area contributed by atoms with Crippen LogP contribution in [0.15, 0.2) is 33.7 Å². The molecular formula is C11H13BrN2O. The van der Waals surface area contributed by atoms with Gasteiger partial charge in [0.05, 0.1) is 0 Å². The number of carbonyl (C=O) groups excluding carboxylic acids is 1. The summed E-state index contributed by atoms with van der Waals surface area (Å²) in [6, 6.07) is 7.71. The highest BCUT2D eigenvalue weighted by atomic mass is 79.9. The third kappa shape index (κ3) is 3.47. The second-order valence-electron chi connectivity index (χ2n) is 3.36. The molecule has 0 radical (unpaired) electrons. The van der Waals surface area contributed by atoms with Gasteiger partial charge in [-0.1, -0.05) is 28.1 Å². The van der Waals surface area contributed by atoms with Crippen molar-refractivity contribution >= 4 is 27.7 Å². The van der Waals surface area contributed by atoms with Gasteiger partial charge in [0.2, 0.25) is 5.91 Å². The number of hydrogen-bond donors (Lipinski definition) is 0. The molecule has 15 heavy (non-hydrogen) atoms. The number of rotatable bonds is 1. The standard InChI is InChI=1S/C11H13BrN2O/c1-8(15)13-11(14(2)3)9-5-4-6-10(12)7-9/h4-7H,1-3H3/b13-11+. The van der Waals surface area contributed by atoms with E-state index in [9.17, 15) is 4.79 Å². The van der Waals surface area contributed by atoms with Gasteiger partial charge in [-0.05, 0) is 12.1 Å². The highest BCUT2D eigenvalue weighted by molar-refractivity contribution is 9.10. The van der Waals surface area contributed by atoms with Crippen molar-refractivity contribution in [3.8, 4) is 0 Å². The van der Waals surface area contributed by atoms with E-state index in [0.29, 0.717) is 5.84 Å². The minimum atomic E-state index is -0.196. The van der Waals surface area contributed by atoms with Gasteiger partial charge in [-0.2, -0.15) is 4.99 Å². The number of amides is 1. The smallest absolute Gasteiger partial charge is 0.244 e. The highest BCUT2D eigenvalue weighted by Gasteiger charge is 2.07. The molecule has 0 fully saturated rings. The lowest BCUT2D eigenvalue weighted by atomic mass is 10.2. The van der Waals surface area contributed by atoms with Crippen LogP contribution in [0.25, 0.3) is 0 Å². The summed E-state index contributed by atoms with van der Waals surface area (Å²) in [5.41, 5.74) is 0.921. The van der Waals surface area contributed by atoms with E-state index >= 15 is 0 Å². The van der Waals surface area contributed by atoms with Crippen molar-refractivity contribution < 1.29 is 4.79 Å². The van der Waals surface area contributed by atoms with Crippen LogP contribution in [0.2, 0.25) is 0 Å². The second kappa shape index (κ2) is 5.07. The van der Waals surface area contributed by atoms with Crippen molar-refractivity contribution in [1.29, 1.82) is 0 Å². The number of carbonyl (C=O) groups is 1. The summed E-state index contributed by atoms with van der Waals surface area (Å²) in [6.07, 6.45) is 0. The Hall–Kier alpha value is -1.16. The van der Waals surface area contributed by atoms with Gasteiger partial charge >= 0.3 is 0 Å². The molecule has 0 aromatic heterocycles. The van der Waals surface area contributed by atoms with Gasteiger partial charge in [0.25, 0.3) is 0 Å². The molecule has 0 heterocycles. The fourth-order valence-corrected chi connectivity index (χ4v) is 1.60. The molecule has 0 aliphatic carbocycles. The molecule has 0 saturated heterocycles. The predicted octanol–water partition coefficient (Wildman–Crippen LogP) is 2.30. The summed E-state index contributed by atoms with van der Waals surface area (Å²) >= 11 is 3.39. The Morgan fingerprint density at radius 1 is 1.40 bits per heavy atom. The second-order valence-corrected chi connectivity index (χ2v) is 4.27. The van der Waals surface area contributed by atoms with E-state index in [4.69, 9.17) is 0 Å². The maximum absolute atomic E-state index is 11.0. The van der Waals surface area contributed by atoms with Gasteiger partial charge in [-0.15, -0.1) is 0 Å². The summed E-state index contributed by atoms with van der Waals surface area (Å²) in [5.74, 6) is 0.475. The zero-order valence-corrected chi connectivity index (χ0v) is 10.6. The Morgan fingerprint density at radius 3 is 2.53 bits per heavy atom. The maximum Gasteiger partial charge on any atom is 0.244 e. The highest BCUT2D eigenvalue weighted by Crippen LogP contribution is 2.13. The van der Waals surface area contributed by atoms with Crippen LogP contribution in [0.4, 0.5) is 0 Å². The van der Waals surface area contributed by atoms with Crippen LogP contribution in [-0.4, -0.2) is 30.7 Å². The zero-order valence-electron chi connectivity index (χ0n) is 8.99. The summed E-state index contributed by atoms with van der Waals surface area (Å²) in [5, 5.41) is 0. The number of nitrogens with zero attached hydrogens (tertiary/aromatic N) is 2. The van der Waals surface area contributed by atoms with Crippen molar-refractivity contribution in [3.63, 3.8) is 0 Å². The largest absolute Gasteiger partial charge is 0.362 e. The lowest BCUT2D eigenvalue weighted by molar-refractivity contribution is -0.115. The number of halogens is 1. The van der Waals surface area contributed by atoms with Crippen LogP contribution in [0.1, 0.15) is 12.5 Å². The van der Waals surface area contributed by atoms with Crippen molar-refractivity contribution in [2.75, 3.05) is 14.1 Å². The summed E-state index contributed by atoms with van der Waals surface area (Å²) in [7, 11) is 3.73. The van der Waals surface area contributed by atoms with Crippen LogP contribution in [0.5, 0.6) is 0 Å². The Kier molecular flexibility index (Phi) is 4.03. The van der Waals surface area contributed by atoms with E-state index in [1.54, 1.807) is 0 Å². The monoisotopic (exact) mass is 268 g/mol. The van der Waals surface area contributed by atoms with Crippen molar-refractivity contribution in [2.45, 2.75) is 6.92 Å². The molecule has 0 aliphatic rings. The maximum atomic E-state index is 11.0. The lowest BCUT2D eigenvalue weighted by Gasteiger charge is -2.15. The average molecular weight is 269 g/mol. The Balaban J connectivity index is 3.16. The Bertz CT molecular complexity index is 399. The van der Waals surface area contributed by atoms with Crippen LogP contribution < -0.4 is 0 Å². The molecular weight excluding hydrogens is 256 g/mol. The van der Waals surface area contributed by atoms with Crippen molar-refractivity contribution in [2.24, 2.45) is 4.99 Å². The predicted molar refractivity (Wildman–Crippen MR) is 65.0 cm³/mol. The molecule has 80 valence electrons. The third-order valence-electron chi connectivity index (χ3n) is 1.77. The minimum absolute atomic E-state index is 0.196. The first-order chi connectivity index (χ1) is 7.00. The third-order valence-corrected chi connectivity index (χ3v) is 2.26. The Labute approximate surface area is 97.9 Å². The SMILES string of the molecule is CC(=O)/N=C(\c1cccc(Br)c1)N(C)C. The topological polar surface area (TPSA) is 32.7 Å². The number of aliphatic imine (C=N–C) groups is 1. The molecule has 1 rings (SSSR count). The molecule has 1 aromatic rings. The first-order valence-corrected chi connectivity index (χ1v) is 5.32. The molecule has 0 N–H and O–H groups in total. The van der Waals surface area contributed by atoms with Gasteiger partial charge < -0.3 is 4.90 Å². The van der Waals surface area contributed by atoms with Crippen molar-refractivity contribution in [1.82, 2.24) is 4.90 Å².